The second-order valence-corrected chi connectivity index (χ2v) is 2.67. The topological polar surface area (TPSA) is 55.4 Å². The van der Waals surface area contributed by atoms with Crippen LogP contribution in [0.25, 0.3) is 0 Å². The van der Waals surface area contributed by atoms with Gasteiger partial charge < -0.3 is 12.7 Å². The van der Waals surface area contributed by atoms with Crippen LogP contribution < -0.4 is 56.9 Å². The van der Waals surface area contributed by atoms with E-state index in [0.29, 0.717) is 6.54 Å². The standard InChI is InChI=1S/C7H8NO3S.K/c9-12(10)11-8-6-7-4-2-1-3-5-7;/h1-5,8H,6H2;/q-1;+1. The van der Waals surface area contributed by atoms with E-state index in [1.54, 1.807) is 0 Å². The van der Waals surface area contributed by atoms with E-state index in [1.807, 2.05) is 30.3 Å². The third kappa shape index (κ3) is 6.75. The van der Waals surface area contributed by atoms with Crippen LogP contribution in [0.2, 0.25) is 0 Å². The number of hydrogen-bond acceptors (Lipinski definition) is 5. The Bertz CT molecular complexity index is 294. The first-order chi connectivity index (χ1) is 5.79. The molecule has 0 unspecified atom stereocenters. The summed E-state index contributed by atoms with van der Waals surface area (Å²) in [5.74, 6) is 0. The van der Waals surface area contributed by atoms with Gasteiger partial charge in [0.1, 0.15) is 0 Å². The Hall–Kier alpha value is 0.726. The molecule has 1 N–H and O–H groups in total. The smallest absolute Gasteiger partial charge is 0.395 e. The van der Waals surface area contributed by atoms with Crippen molar-refractivity contribution >= 4 is 11.0 Å². The van der Waals surface area contributed by atoms with Gasteiger partial charge in [0, 0.05) is 6.54 Å². The van der Waals surface area contributed by atoms with E-state index in [-0.39, 0.29) is 51.4 Å². The molecule has 13 heavy (non-hydrogen) atoms. The van der Waals surface area contributed by atoms with E-state index >= 15 is 0 Å². The predicted molar refractivity (Wildman–Crippen MR) is 43.1 cm³/mol. The molecule has 0 amide bonds. The number of nitrogens with one attached hydrogen (secondary N) is 1. The van der Waals surface area contributed by atoms with Crippen molar-refractivity contribution in [3.8, 4) is 0 Å². The van der Waals surface area contributed by atoms with Crippen molar-refractivity contribution in [2.45, 2.75) is 6.54 Å². The minimum atomic E-state index is -2.50. The Kier molecular flexibility index (Phi) is 8.52. The van der Waals surface area contributed by atoms with E-state index in [2.05, 4.69) is 9.76 Å². The normalized spacial score (nSPS) is 9.62. The molecule has 0 saturated heterocycles. The largest absolute Gasteiger partial charge is 1.00 e. The van der Waals surface area contributed by atoms with Crippen LogP contribution in [0.4, 0.5) is 0 Å². The third-order valence-electron chi connectivity index (χ3n) is 1.25. The van der Waals surface area contributed by atoms with Crippen molar-refractivity contribution in [3.63, 3.8) is 0 Å². The van der Waals surface area contributed by atoms with Gasteiger partial charge in [-0.05, 0) is 5.56 Å². The van der Waals surface area contributed by atoms with Crippen LogP contribution in [-0.2, 0) is 30.2 Å². The second-order valence-electron chi connectivity index (χ2n) is 2.09. The van der Waals surface area contributed by atoms with Gasteiger partial charge in [0.05, 0.1) is 11.0 Å². The monoisotopic (exact) mass is 225 g/mol. The quantitative estimate of drug-likeness (QED) is 0.364. The van der Waals surface area contributed by atoms with Crippen LogP contribution in [0, 0.1) is 0 Å². The molecule has 66 valence electrons. The van der Waals surface area contributed by atoms with Crippen molar-refractivity contribution in [2.24, 2.45) is 0 Å². The third-order valence-corrected chi connectivity index (χ3v) is 1.50. The Morgan fingerprint density at radius 2 is 1.85 bits per heavy atom. The van der Waals surface area contributed by atoms with Gasteiger partial charge in [0.25, 0.3) is 0 Å². The van der Waals surface area contributed by atoms with Crippen molar-refractivity contribution in [2.75, 3.05) is 0 Å². The molecule has 1 rings (SSSR count). The zero-order chi connectivity index (χ0) is 8.81. The Morgan fingerprint density at radius 1 is 1.23 bits per heavy atom. The zero-order valence-electron chi connectivity index (χ0n) is 7.23. The van der Waals surface area contributed by atoms with Gasteiger partial charge in [-0.3, -0.25) is 0 Å². The molecular formula is C7H8KNO3S. The molecule has 0 saturated carbocycles. The van der Waals surface area contributed by atoms with E-state index < -0.39 is 11.0 Å². The molecule has 0 bridgehead atoms. The molecule has 0 aliphatic heterocycles. The summed E-state index contributed by atoms with van der Waals surface area (Å²) < 4.78 is 23.9. The number of hydrogen-bond donors (Lipinski definition) is 1. The van der Waals surface area contributed by atoms with Gasteiger partial charge in [0.2, 0.25) is 0 Å². The van der Waals surface area contributed by atoms with E-state index in [9.17, 15) is 8.42 Å². The van der Waals surface area contributed by atoms with Gasteiger partial charge in [-0.25, -0.2) is 5.48 Å². The first-order valence-corrected chi connectivity index (χ1v) is 4.32. The molecule has 0 radical (unpaired) electrons. The molecule has 1 aromatic carbocycles. The molecule has 0 aliphatic rings. The number of rotatable bonds is 4. The molecule has 0 spiro atoms. The SMILES string of the molecule is O=[S-](=O)ONCc1ccccc1.[K+]. The fourth-order valence-electron chi connectivity index (χ4n) is 0.757. The van der Waals surface area contributed by atoms with Crippen molar-refractivity contribution < 1.29 is 64.1 Å². The Labute approximate surface area is 121 Å². The van der Waals surface area contributed by atoms with Gasteiger partial charge in [-0.2, -0.15) is 0 Å². The van der Waals surface area contributed by atoms with Gasteiger partial charge in [-0.1, -0.05) is 30.3 Å². The molecule has 4 nitrogen and oxygen atoms in total. The van der Waals surface area contributed by atoms with Crippen LogP contribution in [0.15, 0.2) is 30.3 Å². The first kappa shape index (κ1) is 13.7. The van der Waals surface area contributed by atoms with Crippen LogP contribution in [0.5, 0.6) is 0 Å². The summed E-state index contributed by atoms with van der Waals surface area (Å²) >= 11 is 0. The van der Waals surface area contributed by atoms with Gasteiger partial charge in [-0.15, -0.1) is 0 Å². The average molecular weight is 225 g/mol. The molecule has 1 aromatic rings. The predicted octanol–water partition coefficient (Wildman–Crippen LogP) is -2.06. The van der Waals surface area contributed by atoms with E-state index in [4.69, 9.17) is 0 Å². The fourth-order valence-corrected chi connectivity index (χ4v) is 0.912. The van der Waals surface area contributed by atoms with Crippen molar-refractivity contribution in [3.05, 3.63) is 35.9 Å². The minimum absolute atomic E-state index is 0. The summed E-state index contributed by atoms with van der Waals surface area (Å²) in [6, 6.07) is 9.35. The maximum atomic E-state index is 9.90. The Balaban J connectivity index is 0.00000144. The fraction of sp³-hybridized carbons (Fsp3) is 0.143. The van der Waals surface area contributed by atoms with Gasteiger partial charge >= 0.3 is 51.4 Å². The number of benzene rings is 1. The zero-order valence-corrected chi connectivity index (χ0v) is 11.2. The summed E-state index contributed by atoms with van der Waals surface area (Å²) in [6.07, 6.45) is 0. The van der Waals surface area contributed by atoms with Crippen LogP contribution in [0.3, 0.4) is 0 Å². The first-order valence-electron chi connectivity index (χ1n) is 3.32. The van der Waals surface area contributed by atoms with E-state index in [1.165, 1.54) is 0 Å². The molecule has 0 atom stereocenters. The average Bonchev–Trinajstić information content (AvgIpc) is 2.05. The minimum Gasteiger partial charge on any atom is -0.395 e. The molecule has 0 aromatic heterocycles. The molecule has 6 heteroatoms. The molecule has 0 heterocycles. The van der Waals surface area contributed by atoms with Crippen LogP contribution in [0.1, 0.15) is 5.56 Å². The summed E-state index contributed by atoms with van der Waals surface area (Å²) in [5.41, 5.74) is 3.25. The molecule has 0 aliphatic carbocycles. The number of hydroxylamine groups is 1. The van der Waals surface area contributed by atoms with Crippen molar-refractivity contribution in [1.29, 1.82) is 0 Å². The maximum absolute atomic E-state index is 9.90. The second kappa shape index (κ2) is 8.07. The summed E-state index contributed by atoms with van der Waals surface area (Å²) in [6.45, 7) is 0.370. The van der Waals surface area contributed by atoms with Crippen molar-refractivity contribution in [1.82, 2.24) is 5.48 Å². The van der Waals surface area contributed by atoms with Crippen LogP contribution in [-0.4, -0.2) is 0 Å². The maximum Gasteiger partial charge on any atom is 1.00 e. The summed E-state index contributed by atoms with van der Waals surface area (Å²) in [5, 5.41) is 0. The van der Waals surface area contributed by atoms with Crippen LogP contribution >= 0.6 is 0 Å². The summed E-state index contributed by atoms with van der Waals surface area (Å²) in [4.78, 5) is 0. The van der Waals surface area contributed by atoms with Gasteiger partial charge in [0.15, 0.2) is 0 Å². The molecule has 0 fully saturated rings. The molecular weight excluding hydrogens is 217 g/mol. The summed E-state index contributed by atoms with van der Waals surface area (Å²) in [7, 11) is -2.50. The Morgan fingerprint density at radius 3 is 2.38 bits per heavy atom. The van der Waals surface area contributed by atoms with E-state index in [0.717, 1.165) is 5.56 Å².